The van der Waals surface area contributed by atoms with Crippen LogP contribution >= 0.6 is 0 Å². The van der Waals surface area contributed by atoms with Crippen LogP contribution in [-0.2, 0) is 27.0 Å². The molecule has 10 nitrogen and oxygen atoms in total. The molecule has 5 aromatic carbocycles. The van der Waals surface area contributed by atoms with Crippen molar-refractivity contribution in [2.24, 2.45) is 0 Å². The summed E-state index contributed by atoms with van der Waals surface area (Å²) in [5.74, 6) is -4.01. The first kappa shape index (κ1) is 50.9. The van der Waals surface area contributed by atoms with Crippen molar-refractivity contribution in [3.8, 4) is 23.0 Å². The Hall–Kier alpha value is -7.10. The molecule has 0 saturated carbocycles. The van der Waals surface area contributed by atoms with Gasteiger partial charge in [0.25, 0.3) is 0 Å². The predicted octanol–water partition coefficient (Wildman–Crippen LogP) is 11.9. The smallest absolute Gasteiger partial charge is 0.426 e. The van der Waals surface area contributed by atoms with Crippen LogP contribution in [0.3, 0.4) is 0 Å². The van der Waals surface area contributed by atoms with Crippen molar-refractivity contribution < 1.29 is 64.7 Å². The number of hydrogen-bond donors (Lipinski definition) is 3. The summed E-state index contributed by atoms with van der Waals surface area (Å²) in [6.07, 6.45) is 2.38. The number of allylic oxidation sites excluding steroid dienone is 1. The van der Waals surface area contributed by atoms with Crippen molar-refractivity contribution in [3.63, 3.8) is 0 Å². The molecule has 356 valence electrons. The number of carboxylic acid groups (broad SMARTS) is 1. The van der Waals surface area contributed by atoms with Crippen molar-refractivity contribution in [2.75, 3.05) is 44.6 Å². The van der Waals surface area contributed by atoms with Gasteiger partial charge >= 0.3 is 18.0 Å². The number of nitrogen functional groups attached to an aromatic ring is 2. The van der Waals surface area contributed by atoms with Crippen molar-refractivity contribution in [3.05, 3.63) is 149 Å². The molecule has 0 spiro atoms. The van der Waals surface area contributed by atoms with Gasteiger partial charge in [-0.2, -0.15) is 13.2 Å². The van der Waals surface area contributed by atoms with Crippen LogP contribution in [0.25, 0.3) is 17.2 Å². The average Bonchev–Trinajstić information content (AvgIpc) is 3.31. The van der Waals surface area contributed by atoms with Gasteiger partial charge in [-0.3, -0.25) is 8.78 Å². The molecule has 0 aromatic heterocycles. The maximum atomic E-state index is 14.9. The Kier molecular flexibility index (Phi) is 19.4. The summed E-state index contributed by atoms with van der Waals surface area (Å²) in [5, 5.41) is 10.5. The van der Waals surface area contributed by atoms with E-state index in [1.165, 1.54) is 97.1 Å². The zero-order chi connectivity index (χ0) is 48.2. The second-order valence-corrected chi connectivity index (χ2v) is 15.2. The third kappa shape index (κ3) is 15.5. The number of esters is 1. The highest BCUT2D eigenvalue weighted by Crippen LogP contribution is 2.36. The van der Waals surface area contributed by atoms with Crippen LogP contribution in [0.4, 0.5) is 37.7 Å². The second-order valence-electron chi connectivity index (χ2n) is 15.2. The lowest BCUT2D eigenvalue weighted by Crippen LogP contribution is -2.21. The van der Waals surface area contributed by atoms with Gasteiger partial charge in [0, 0.05) is 28.6 Å². The number of alkyl halides is 4. The molecule has 0 heterocycles. The number of nitrogens with two attached hydrogens (primary N) is 2. The third-order valence-corrected chi connectivity index (χ3v) is 10.2. The number of ether oxygens (including phenoxy) is 5. The van der Waals surface area contributed by atoms with E-state index in [1.54, 1.807) is 12.1 Å². The molecule has 0 saturated heterocycles. The number of hydrogen-bond acceptors (Lipinski definition) is 9. The lowest BCUT2D eigenvalue weighted by atomic mass is 9.90. The number of carbonyl (C=O) groups excluding carboxylic acids is 1. The third-order valence-electron chi connectivity index (χ3n) is 10.2. The number of unbranched alkanes of at least 4 members (excludes halogenated alkanes) is 4. The average molecular weight is 935 g/mol. The number of carboxylic acids is 1. The minimum Gasteiger partial charge on any atom is -0.494 e. The Labute approximate surface area is 384 Å². The molecule has 5 N–H and O–H groups in total. The molecule has 0 atom stereocenters. The molecule has 0 aliphatic rings. The first-order valence-corrected chi connectivity index (χ1v) is 21.6. The first-order valence-electron chi connectivity index (χ1n) is 21.6. The van der Waals surface area contributed by atoms with Gasteiger partial charge < -0.3 is 40.3 Å². The zero-order valence-corrected chi connectivity index (χ0v) is 36.6. The molecule has 67 heavy (non-hydrogen) atoms. The minimum absolute atomic E-state index is 0.0697. The van der Waals surface area contributed by atoms with Gasteiger partial charge in [0.15, 0.2) is 11.6 Å². The van der Waals surface area contributed by atoms with Crippen LogP contribution in [0, 0.1) is 11.6 Å². The van der Waals surface area contributed by atoms with Crippen LogP contribution in [-0.4, -0.2) is 50.2 Å². The molecular weight excluding hydrogens is 883 g/mol. The summed E-state index contributed by atoms with van der Waals surface area (Å²) in [7, 11) is 0. The number of benzene rings is 5. The largest absolute Gasteiger partial charge is 0.494 e. The number of halogens is 6. The van der Waals surface area contributed by atoms with Crippen LogP contribution in [0.5, 0.6) is 23.0 Å². The first-order chi connectivity index (χ1) is 32.3. The van der Waals surface area contributed by atoms with E-state index in [4.69, 9.17) is 35.2 Å². The van der Waals surface area contributed by atoms with Gasteiger partial charge in [-0.25, -0.2) is 14.0 Å². The lowest BCUT2D eigenvalue weighted by molar-refractivity contribution is -0.185. The van der Waals surface area contributed by atoms with Crippen LogP contribution < -0.4 is 30.4 Å². The van der Waals surface area contributed by atoms with Gasteiger partial charge in [-0.15, -0.1) is 0 Å². The van der Waals surface area contributed by atoms with Gasteiger partial charge in [-0.1, -0.05) is 24.3 Å². The Balaban J connectivity index is 1.18. The molecular formula is C51H52F6N2O8. The van der Waals surface area contributed by atoms with E-state index >= 15 is 0 Å². The van der Waals surface area contributed by atoms with Gasteiger partial charge in [0.1, 0.15) is 23.9 Å². The molecule has 0 unspecified atom stereocenters. The highest BCUT2D eigenvalue weighted by atomic mass is 19.3. The van der Waals surface area contributed by atoms with Crippen molar-refractivity contribution >= 4 is 40.5 Å². The molecule has 0 amide bonds. The number of aliphatic carboxylic acids is 1. The fraction of sp³-hybridized carbons (Fsp3) is 0.294. The monoisotopic (exact) mass is 934 g/mol. The Morgan fingerprint density at radius 1 is 0.657 bits per heavy atom. The van der Waals surface area contributed by atoms with Gasteiger partial charge in [0.2, 0.25) is 5.82 Å². The molecule has 5 aromatic rings. The van der Waals surface area contributed by atoms with E-state index in [2.05, 4.69) is 0 Å². The Bertz CT molecular complexity index is 2450. The van der Waals surface area contributed by atoms with Gasteiger partial charge in [0.05, 0.1) is 44.3 Å². The highest BCUT2D eigenvalue weighted by molar-refractivity contribution is 6.25. The number of rotatable bonds is 27. The Morgan fingerprint density at radius 2 is 1.28 bits per heavy atom. The van der Waals surface area contributed by atoms with E-state index in [-0.39, 0.29) is 77.9 Å². The van der Waals surface area contributed by atoms with E-state index in [9.17, 15) is 41.0 Å². The predicted molar refractivity (Wildman–Crippen MR) is 244 cm³/mol. The summed E-state index contributed by atoms with van der Waals surface area (Å²) in [4.78, 5) is 25.5. The normalized spacial score (nSPS) is 11.9. The van der Waals surface area contributed by atoms with Crippen molar-refractivity contribution in [1.29, 1.82) is 0 Å². The van der Waals surface area contributed by atoms with Crippen LogP contribution in [0.15, 0.2) is 109 Å². The Morgan fingerprint density at radius 3 is 1.93 bits per heavy atom. The highest BCUT2D eigenvalue weighted by Gasteiger charge is 2.34. The number of carbonyl (C=O) groups is 2. The minimum atomic E-state index is -3.66. The molecule has 16 heteroatoms. The molecule has 0 aliphatic carbocycles. The second kappa shape index (κ2) is 25.6. The van der Waals surface area contributed by atoms with Crippen molar-refractivity contribution in [2.45, 2.75) is 64.1 Å². The topological polar surface area (TPSA) is 153 Å². The summed E-state index contributed by atoms with van der Waals surface area (Å²) in [6.45, 7) is -0.847. The van der Waals surface area contributed by atoms with Crippen LogP contribution in [0.1, 0.15) is 79.2 Å². The zero-order valence-electron chi connectivity index (χ0n) is 36.6. The van der Waals surface area contributed by atoms with Gasteiger partial charge in [-0.05, 0) is 153 Å². The molecule has 0 radical (unpaired) electrons. The summed E-state index contributed by atoms with van der Waals surface area (Å²) < 4.78 is 111. The standard InChI is InChI=1S/C51H52F6N2O8/c52-27-3-1-5-29-63-39-22-15-37(16-23-39)51(56,57)67-41-18-9-34(10-19-41)11-26-46(60)65-31-7-8-42(47(50(61)62)43-24-17-38(58)32-44(43)59)35-12-20-40(21-13-35)66-33-36-14-25-45(49(55)48(36)54)64-30-6-2-4-28-53/h9-26,32H,1-8,27-31,33,58-59H2,(H,61,62)/b26-11+,47-42+. The fourth-order valence-corrected chi connectivity index (χ4v) is 6.69. The lowest BCUT2D eigenvalue weighted by Gasteiger charge is -2.18. The molecule has 0 fully saturated rings. The van der Waals surface area contributed by atoms with Crippen molar-refractivity contribution in [1.82, 2.24) is 0 Å². The summed E-state index contributed by atoms with van der Waals surface area (Å²) in [5.41, 5.74) is 13.5. The maximum absolute atomic E-state index is 14.9. The molecule has 5 rings (SSSR count). The summed E-state index contributed by atoms with van der Waals surface area (Å²) >= 11 is 0. The van der Waals surface area contributed by atoms with E-state index in [0.29, 0.717) is 73.3 Å². The van der Waals surface area contributed by atoms with E-state index in [1.807, 2.05) is 0 Å². The quantitative estimate of drug-likeness (QED) is 0.0116. The SMILES string of the molecule is Nc1ccc(/C(C(=O)O)=C(/CCCOC(=O)/C=C/c2ccc(OC(F)(F)c3ccc(OCCCCCF)cc3)cc2)c2ccc(OCc3ccc(OCCCCCF)c(F)c3F)cc2)c(N)c1. The molecule has 0 aliphatic heterocycles. The molecule has 0 bridgehead atoms. The van der Waals surface area contributed by atoms with E-state index in [0.717, 1.165) is 6.08 Å². The van der Waals surface area contributed by atoms with E-state index < -0.39 is 43.0 Å². The van der Waals surface area contributed by atoms with Crippen LogP contribution in [0.2, 0.25) is 0 Å². The number of anilines is 2. The fourth-order valence-electron chi connectivity index (χ4n) is 6.69. The summed E-state index contributed by atoms with van der Waals surface area (Å²) in [6, 6.07) is 24.2. The maximum Gasteiger partial charge on any atom is 0.426 e.